The van der Waals surface area contributed by atoms with Crippen molar-refractivity contribution in [3.05, 3.63) is 23.5 Å². The highest BCUT2D eigenvalue weighted by molar-refractivity contribution is 7.89. The van der Waals surface area contributed by atoms with E-state index in [9.17, 15) is 22.5 Å². The molecule has 1 saturated heterocycles. The van der Waals surface area contributed by atoms with E-state index in [-0.39, 0.29) is 15.9 Å². The Morgan fingerprint density at radius 2 is 2.11 bits per heavy atom. The number of sulfonamides is 1. The Balaban J connectivity index is 1.51. The van der Waals surface area contributed by atoms with Crippen molar-refractivity contribution in [1.82, 2.24) is 24.3 Å². The van der Waals surface area contributed by atoms with Crippen molar-refractivity contribution in [3.8, 4) is 16.8 Å². The van der Waals surface area contributed by atoms with Gasteiger partial charge >= 0.3 is 0 Å². The highest BCUT2D eigenvalue weighted by atomic mass is 32.2. The maximum absolute atomic E-state index is 13.4. The first-order chi connectivity index (χ1) is 16.8. The monoisotopic (exact) mass is 521 g/mol. The molecule has 0 amide bonds. The maximum Gasteiger partial charge on any atom is 0.291 e. The van der Waals surface area contributed by atoms with E-state index in [0.29, 0.717) is 55.5 Å². The molecule has 3 aromatic heterocycles. The van der Waals surface area contributed by atoms with E-state index in [4.69, 9.17) is 4.74 Å². The van der Waals surface area contributed by atoms with Crippen LogP contribution in [0.15, 0.2) is 23.4 Å². The van der Waals surface area contributed by atoms with Gasteiger partial charge in [0, 0.05) is 12.7 Å². The van der Waals surface area contributed by atoms with E-state index < -0.39 is 27.0 Å². The second-order valence-corrected chi connectivity index (χ2v) is 11.8. The van der Waals surface area contributed by atoms with Crippen LogP contribution in [-0.2, 0) is 14.8 Å². The molecular formula is C21H21F2N7O3S2. The van der Waals surface area contributed by atoms with Gasteiger partial charge in [-0.05, 0) is 37.7 Å². The molecule has 0 bridgehead atoms. The first kappa shape index (κ1) is 22.7. The quantitative estimate of drug-likeness (QED) is 0.503. The number of rotatable bonds is 7. The van der Waals surface area contributed by atoms with Gasteiger partial charge in [-0.3, -0.25) is 4.40 Å². The molecule has 2 aliphatic carbocycles. The number of fused-ring (bicyclic) bond motifs is 1. The molecule has 1 N–H and O–H groups in total. The number of ether oxygens (including phenoxy) is 1. The van der Waals surface area contributed by atoms with Crippen LogP contribution >= 0.6 is 11.3 Å². The number of halogens is 2. The van der Waals surface area contributed by atoms with Crippen LogP contribution in [0.4, 0.5) is 14.5 Å². The molecule has 1 atom stereocenters. The smallest absolute Gasteiger partial charge is 0.291 e. The van der Waals surface area contributed by atoms with Gasteiger partial charge in [0.2, 0.25) is 10.0 Å². The van der Waals surface area contributed by atoms with Crippen molar-refractivity contribution in [3.63, 3.8) is 0 Å². The fourth-order valence-corrected chi connectivity index (χ4v) is 6.56. The van der Waals surface area contributed by atoms with E-state index in [2.05, 4.69) is 24.8 Å². The topological polar surface area (TPSA) is 126 Å². The average molecular weight is 522 g/mol. The molecule has 184 valence electrons. The average Bonchev–Trinajstić information content (AvgIpc) is 3.74. The SMILES string of the molecule is N#CC1(NS(=O)(=O)c2cc(N3CCOC[C@@H]3C3CC3)c3ncc(-c4nnc(C(F)F)s4)n3c2)CC1. The molecule has 4 heterocycles. The molecule has 3 fully saturated rings. The molecule has 0 unspecified atom stereocenters. The van der Waals surface area contributed by atoms with Gasteiger partial charge in [-0.15, -0.1) is 10.2 Å². The predicted octanol–water partition coefficient (Wildman–Crippen LogP) is 2.74. The van der Waals surface area contributed by atoms with Crippen LogP contribution in [0.2, 0.25) is 0 Å². The third-order valence-electron chi connectivity index (χ3n) is 6.65. The first-order valence-electron chi connectivity index (χ1n) is 11.2. The molecule has 10 nitrogen and oxygen atoms in total. The molecule has 35 heavy (non-hydrogen) atoms. The van der Waals surface area contributed by atoms with Gasteiger partial charge in [-0.2, -0.15) is 9.98 Å². The zero-order chi connectivity index (χ0) is 24.4. The summed E-state index contributed by atoms with van der Waals surface area (Å²) >= 11 is 0.733. The van der Waals surface area contributed by atoms with Crippen molar-refractivity contribution in [1.29, 1.82) is 5.26 Å². The second-order valence-electron chi connectivity index (χ2n) is 9.12. The summed E-state index contributed by atoms with van der Waals surface area (Å²) in [6.45, 7) is 1.58. The highest BCUT2D eigenvalue weighted by Crippen LogP contribution is 2.41. The molecule has 6 rings (SSSR count). The molecule has 3 aliphatic rings. The molecule has 1 aliphatic heterocycles. The second kappa shape index (κ2) is 8.16. The number of nitrogens with zero attached hydrogens (tertiary/aromatic N) is 6. The van der Waals surface area contributed by atoms with Crippen molar-refractivity contribution in [2.75, 3.05) is 24.7 Å². The Kier molecular flexibility index (Phi) is 5.29. The van der Waals surface area contributed by atoms with E-state index in [0.717, 1.165) is 24.2 Å². The highest BCUT2D eigenvalue weighted by Gasteiger charge is 2.47. The van der Waals surface area contributed by atoms with E-state index >= 15 is 0 Å². The minimum Gasteiger partial charge on any atom is -0.377 e. The fourth-order valence-electron chi connectivity index (χ4n) is 4.46. The van der Waals surface area contributed by atoms with Gasteiger partial charge in [0.15, 0.2) is 15.7 Å². The summed E-state index contributed by atoms with van der Waals surface area (Å²) in [5.41, 5.74) is 0.369. The zero-order valence-corrected chi connectivity index (χ0v) is 20.0. The van der Waals surface area contributed by atoms with Crippen LogP contribution in [-0.4, -0.2) is 59.3 Å². The molecule has 0 spiro atoms. The van der Waals surface area contributed by atoms with Crippen molar-refractivity contribution in [2.24, 2.45) is 5.92 Å². The molecule has 0 aromatic carbocycles. The van der Waals surface area contributed by atoms with Gasteiger partial charge in [0.1, 0.15) is 16.1 Å². The fraction of sp³-hybridized carbons (Fsp3) is 0.524. The van der Waals surface area contributed by atoms with Crippen LogP contribution < -0.4 is 9.62 Å². The largest absolute Gasteiger partial charge is 0.377 e. The minimum atomic E-state index is -4.06. The Bertz CT molecular complexity index is 1440. The summed E-state index contributed by atoms with van der Waals surface area (Å²) in [6.07, 6.45) is 3.17. The Morgan fingerprint density at radius 1 is 1.31 bits per heavy atom. The summed E-state index contributed by atoms with van der Waals surface area (Å²) in [7, 11) is -4.06. The van der Waals surface area contributed by atoms with Crippen LogP contribution in [0, 0.1) is 17.2 Å². The molecular weight excluding hydrogens is 500 g/mol. The van der Waals surface area contributed by atoms with Gasteiger partial charge in [-0.25, -0.2) is 22.2 Å². The number of anilines is 1. The number of nitriles is 1. The Morgan fingerprint density at radius 3 is 2.77 bits per heavy atom. The van der Waals surface area contributed by atoms with Crippen LogP contribution in [0.3, 0.4) is 0 Å². The van der Waals surface area contributed by atoms with Crippen LogP contribution in [0.25, 0.3) is 16.3 Å². The van der Waals surface area contributed by atoms with Crippen molar-refractivity contribution in [2.45, 2.75) is 48.6 Å². The lowest BCUT2D eigenvalue weighted by molar-refractivity contribution is 0.0879. The number of pyridine rings is 1. The summed E-state index contributed by atoms with van der Waals surface area (Å²) in [6, 6.07) is 3.70. The summed E-state index contributed by atoms with van der Waals surface area (Å²) < 4.78 is 62.8. The molecule has 3 aromatic rings. The standard InChI is InChI=1S/C21H21F2N7O3S2/c22-17(23)20-27-26-19(34-20)15-8-25-18-14(29-5-6-33-10-16(29)12-1-2-12)7-13(9-30(15)18)35(31,32)28-21(11-24)3-4-21/h7-9,12,16-17,28H,1-6,10H2/t16-/m1/s1. The van der Waals surface area contributed by atoms with Gasteiger partial charge in [0.25, 0.3) is 6.43 Å². The Hall–Kier alpha value is -2.73. The minimum absolute atomic E-state index is 0.0413. The molecule has 2 saturated carbocycles. The summed E-state index contributed by atoms with van der Waals surface area (Å²) in [5, 5.41) is 16.6. The van der Waals surface area contributed by atoms with Crippen molar-refractivity contribution >= 4 is 32.7 Å². The van der Waals surface area contributed by atoms with E-state index in [1.54, 1.807) is 10.5 Å². The summed E-state index contributed by atoms with van der Waals surface area (Å²) in [4.78, 5) is 6.62. The van der Waals surface area contributed by atoms with Gasteiger partial charge in [-0.1, -0.05) is 11.3 Å². The lowest BCUT2D eigenvalue weighted by atomic mass is 10.1. The normalized spacial score (nSPS) is 22.0. The summed E-state index contributed by atoms with van der Waals surface area (Å²) in [5.74, 6) is 0.452. The molecule has 0 radical (unpaired) electrons. The van der Waals surface area contributed by atoms with Crippen molar-refractivity contribution < 1.29 is 21.9 Å². The lowest BCUT2D eigenvalue weighted by Gasteiger charge is -2.38. The third kappa shape index (κ3) is 4.06. The number of morpholine rings is 1. The predicted molar refractivity (Wildman–Crippen MR) is 122 cm³/mol. The van der Waals surface area contributed by atoms with Crippen LogP contribution in [0.1, 0.15) is 37.1 Å². The van der Waals surface area contributed by atoms with Gasteiger partial charge in [0.05, 0.1) is 37.2 Å². The van der Waals surface area contributed by atoms with E-state index in [1.807, 2.05) is 6.07 Å². The number of alkyl halides is 2. The maximum atomic E-state index is 13.4. The number of imidazole rings is 1. The lowest BCUT2D eigenvalue weighted by Crippen LogP contribution is -2.47. The first-order valence-corrected chi connectivity index (χ1v) is 13.5. The third-order valence-corrected chi connectivity index (χ3v) is 9.11. The molecule has 14 heteroatoms. The number of aromatic nitrogens is 4. The number of hydrogen-bond donors (Lipinski definition) is 1. The van der Waals surface area contributed by atoms with Crippen LogP contribution in [0.5, 0.6) is 0 Å². The number of hydrogen-bond acceptors (Lipinski definition) is 9. The Labute approximate surface area is 203 Å². The number of nitrogens with one attached hydrogen (secondary N) is 1. The van der Waals surface area contributed by atoms with Gasteiger partial charge < -0.3 is 9.64 Å². The zero-order valence-electron chi connectivity index (χ0n) is 18.4. The van der Waals surface area contributed by atoms with E-state index in [1.165, 1.54) is 12.4 Å².